The fourth-order valence-corrected chi connectivity index (χ4v) is 3.45. The van der Waals surface area contributed by atoms with Crippen molar-refractivity contribution in [1.82, 2.24) is 4.57 Å². The number of hydrogen-bond donors (Lipinski definition) is 1. The van der Waals surface area contributed by atoms with Crippen LogP contribution in [-0.2, 0) is 27.7 Å². The molecule has 9 heteroatoms. The number of ether oxygens (including phenoxy) is 2. The second-order valence-electron chi connectivity index (χ2n) is 6.79. The molecule has 2 atom stereocenters. The number of pyridine rings is 1. The van der Waals surface area contributed by atoms with Crippen LogP contribution in [0.25, 0.3) is 10.9 Å². The van der Waals surface area contributed by atoms with Gasteiger partial charge in [0.2, 0.25) is 0 Å². The first-order valence-electron chi connectivity index (χ1n) is 8.72. The fourth-order valence-electron chi connectivity index (χ4n) is 3.45. The second kappa shape index (κ2) is 7.61. The Balaban J connectivity index is 2.03. The first kappa shape index (κ1) is 20.4. The molecule has 3 rings (SSSR count). The van der Waals surface area contributed by atoms with Crippen LogP contribution in [0.4, 0.5) is 5.69 Å². The minimum Gasteiger partial charge on any atom is -0.465 e. The smallest absolute Gasteiger partial charge is 0.337 e. The molecule has 0 saturated heterocycles. The summed E-state index contributed by atoms with van der Waals surface area (Å²) in [7, 11) is 4.37. The van der Waals surface area contributed by atoms with Crippen LogP contribution in [0.3, 0.4) is 0 Å². The highest BCUT2D eigenvalue weighted by Crippen LogP contribution is 2.29. The molecule has 1 aliphatic rings. The number of aliphatic hydroxyl groups is 1. The van der Waals surface area contributed by atoms with Crippen molar-refractivity contribution in [2.75, 3.05) is 14.2 Å². The predicted molar refractivity (Wildman–Crippen MR) is 105 cm³/mol. The zero-order valence-corrected chi connectivity index (χ0v) is 16.1. The van der Waals surface area contributed by atoms with Gasteiger partial charge in [0.25, 0.3) is 5.69 Å². The zero-order valence-electron chi connectivity index (χ0n) is 16.1. The van der Waals surface area contributed by atoms with Crippen molar-refractivity contribution in [1.29, 1.82) is 0 Å². The number of rotatable bonds is 5. The van der Waals surface area contributed by atoms with Gasteiger partial charge >= 0.3 is 5.97 Å². The van der Waals surface area contributed by atoms with Crippen LogP contribution in [0.1, 0.15) is 5.69 Å². The minimum atomic E-state index is -1.51. The van der Waals surface area contributed by atoms with Crippen molar-refractivity contribution < 1.29 is 24.3 Å². The van der Waals surface area contributed by atoms with Gasteiger partial charge in [-0.2, -0.15) is 0 Å². The summed E-state index contributed by atoms with van der Waals surface area (Å²) < 4.78 is 11.7. The first-order valence-corrected chi connectivity index (χ1v) is 8.72. The van der Waals surface area contributed by atoms with E-state index in [9.17, 15) is 24.8 Å². The van der Waals surface area contributed by atoms with Crippen LogP contribution in [-0.4, -0.2) is 46.5 Å². The lowest BCUT2D eigenvalue weighted by molar-refractivity contribution is -0.384. The molecule has 0 aliphatic heterocycles. The van der Waals surface area contributed by atoms with Gasteiger partial charge < -0.3 is 19.1 Å². The van der Waals surface area contributed by atoms with E-state index < -0.39 is 22.6 Å². The number of non-ortho nitro benzene ring substituents is 1. The Hall–Kier alpha value is -3.30. The molecule has 2 unspecified atom stereocenters. The number of nitro groups is 1. The molecule has 1 aromatic heterocycles. The van der Waals surface area contributed by atoms with Gasteiger partial charge in [-0.3, -0.25) is 14.9 Å². The highest BCUT2D eigenvalue weighted by Gasteiger charge is 2.37. The Bertz CT molecular complexity index is 1120. The summed E-state index contributed by atoms with van der Waals surface area (Å²) in [6.07, 6.45) is 3.53. The Kier molecular flexibility index (Phi) is 5.36. The monoisotopic (exact) mass is 400 g/mol. The SMILES string of the molecule is COC(=O)C1=CC(OC)C(O)(Cc2cc(=O)c3cc([N+](=O)[O-])ccc3n2C)C=C1. The first-order chi connectivity index (χ1) is 13.7. The fraction of sp³-hybridized carbons (Fsp3) is 0.300. The number of fused-ring (bicyclic) bond motifs is 1. The molecule has 2 aromatic rings. The van der Waals surface area contributed by atoms with E-state index in [2.05, 4.69) is 4.74 Å². The number of benzene rings is 1. The lowest BCUT2D eigenvalue weighted by Crippen LogP contribution is -2.45. The predicted octanol–water partition coefficient (Wildman–Crippen LogP) is 1.40. The number of hydrogen-bond acceptors (Lipinski definition) is 7. The summed E-state index contributed by atoms with van der Waals surface area (Å²) in [5.41, 5.74) is -0.813. The summed E-state index contributed by atoms with van der Waals surface area (Å²) in [4.78, 5) is 34.7. The molecular weight excluding hydrogens is 380 g/mol. The number of carbonyl (C=O) groups excluding carboxylic acids is 1. The molecule has 1 N–H and O–H groups in total. The minimum absolute atomic E-state index is 0.0195. The number of methoxy groups -OCH3 is 2. The average Bonchev–Trinajstić information content (AvgIpc) is 2.71. The lowest BCUT2D eigenvalue weighted by Gasteiger charge is -2.34. The highest BCUT2D eigenvalue weighted by molar-refractivity contribution is 5.92. The van der Waals surface area contributed by atoms with Gasteiger partial charge in [0.1, 0.15) is 11.7 Å². The second-order valence-corrected chi connectivity index (χ2v) is 6.79. The third-order valence-corrected chi connectivity index (χ3v) is 5.06. The molecule has 1 aliphatic carbocycles. The molecular formula is C20H20N2O7. The molecule has 29 heavy (non-hydrogen) atoms. The molecule has 9 nitrogen and oxygen atoms in total. The van der Waals surface area contributed by atoms with Crippen LogP contribution in [0.5, 0.6) is 0 Å². The van der Waals surface area contributed by atoms with Crippen LogP contribution in [0.2, 0.25) is 0 Å². The molecule has 0 fully saturated rings. The van der Waals surface area contributed by atoms with E-state index in [0.29, 0.717) is 11.2 Å². The summed E-state index contributed by atoms with van der Waals surface area (Å²) in [6.45, 7) is 0. The maximum absolute atomic E-state index is 12.6. The number of nitro benzene ring substituents is 1. The van der Waals surface area contributed by atoms with Crippen molar-refractivity contribution in [2.45, 2.75) is 18.1 Å². The molecule has 1 aromatic carbocycles. The molecule has 0 spiro atoms. The molecule has 0 amide bonds. The Morgan fingerprint density at radius 2 is 2.07 bits per heavy atom. The number of aromatic nitrogens is 1. The summed E-state index contributed by atoms with van der Waals surface area (Å²) >= 11 is 0. The molecule has 0 saturated carbocycles. The van der Waals surface area contributed by atoms with Crippen molar-refractivity contribution in [3.63, 3.8) is 0 Å². The van der Waals surface area contributed by atoms with Gasteiger partial charge in [0, 0.05) is 44.5 Å². The van der Waals surface area contributed by atoms with Gasteiger partial charge in [0.15, 0.2) is 5.43 Å². The largest absolute Gasteiger partial charge is 0.465 e. The third-order valence-electron chi connectivity index (χ3n) is 5.06. The van der Waals surface area contributed by atoms with Gasteiger partial charge in [-0.1, -0.05) is 0 Å². The summed E-state index contributed by atoms with van der Waals surface area (Å²) in [5, 5.41) is 22.3. The Labute approximate surface area is 165 Å². The van der Waals surface area contributed by atoms with Gasteiger partial charge in [0.05, 0.1) is 28.5 Å². The van der Waals surface area contributed by atoms with E-state index in [4.69, 9.17) is 4.74 Å². The maximum atomic E-state index is 12.6. The van der Waals surface area contributed by atoms with Gasteiger partial charge in [-0.15, -0.1) is 0 Å². The summed E-state index contributed by atoms with van der Waals surface area (Å²) in [6, 6.07) is 5.40. The van der Waals surface area contributed by atoms with E-state index in [0.717, 1.165) is 0 Å². The Morgan fingerprint density at radius 3 is 2.69 bits per heavy atom. The molecule has 0 bridgehead atoms. The van der Waals surface area contributed by atoms with Crippen LogP contribution >= 0.6 is 0 Å². The molecule has 152 valence electrons. The average molecular weight is 400 g/mol. The van der Waals surface area contributed by atoms with Crippen molar-refractivity contribution in [3.05, 3.63) is 74.1 Å². The Morgan fingerprint density at radius 1 is 1.34 bits per heavy atom. The van der Waals surface area contributed by atoms with Gasteiger partial charge in [-0.25, -0.2) is 4.79 Å². The third kappa shape index (κ3) is 3.69. The lowest BCUT2D eigenvalue weighted by atomic mass is 9.85. The van der Waals surface area contributed by atoms with E-state index in [1.165, 1.54) is 56.7 Å². The van der Waals surface area contributed by atoms with Gasteiger partial charge in [-0.05, 0) is 24.3 Å². The molecule has 0 radical (unpaired) electrons. The van der Waals surface area contributed by atoms with Crippen molar-refractivity contribution in [2.24, 2.45) is 7.05 Å². The van der Waals surface area contributed by atoms with E-state index in [-0.39, 0.29) is 28.5 Å². The van der Waals surface area contributed by atoms with Crippen LogP contribution in [0, 0.1) is 10.1 Å². The van der Waals surface area contributed by atoms with E-state index >= 15 is 0 Å². The van der Waals surface area contributed by atoms with Crippen LogP contribution in [0.15, 0.2) is 52.9 Å². The van der Waals surface area contributed by atoms with Crippen molar-refractivity contribution in [3.8, 4) is 0 Å². The summed E-state index contributed by atoms with van der Waals surface area (Å²) in [5.74, 6) is -0.551. The highest BCUT2D eigenvalue weighted by atomic mass is 16.6. The maximum Gasteiger partial charge on any atom is 0.337 e. The van der Waals surface area contributed by atoms with Crippen LogP contribution < -0.4 is 5.43 Å². The number of esters is 1. The molecule has 1 heterocycles. The number of aryl methyl sites for hydroxylation is 1. The number of nitrogens with zero attached hydrogens (tertiary/aromatic N) is 2. The zero-order chi connectivity index (χ0) is 21.3. The standard InChI is InChI=1S/C20H20N2O7/c1-21-14(10-17(23)15-9-13(22(26)27)4-5-16(15)21)11-20(25)7-6-12(19(24)29-3)8-18(20)28-2/h4-10,18,25H,11H2,1-3H3. The number of carbonyl (C=O) groups is 1. The topological polar surface area (TPSA) is 121 Å². The normalized spacial score (nSPS) is 21.1. The van der Waals surface area contributed by atoms with Crippen molar-refractivity contribution >= 4 is 22.6 Å². The van der Waals surface area contributed by atoms with E-state index in [1.807, 2.05) is 0 Å². The quantitative estimate of drug-likeness (QED) is 0.457. The van der Waals surface area contributed by atoms with E-state index in [1.54, 1.807) is 11.6 Å².